The smallest absolute Gasteiger partial charge is 0.325 e. The Bertz CT molecular complexity index is 1590. The average Bonchev–Trinajstić information content (AvgIpc) is 3.50. The van der Waals surface area contributed by atoms with Crippen LogP contribution in [-0.2, 0) is 11.0 Å². The van der Waals surface area contributed by atoms with Gasteiger partial charge in [0.15, 0.2) is 0 Å². The van der Waals surface area contributed by atoms with Gasteiger partial charge in [-0.05, 0) is 85.8 Å². The van der Waals surface area contributed by atoms with E-state index < -0.39 is 7.60 Å². The van der Waals surface area contributed by atoms with Gasteiger partial charge in [0.25, 0.3) is 0 Å². The van der Waals surface area contributed by atoms with Crippen LogP contribution in [0.25, 0.3) is 45.3 Å². The second kappa shape index (κ2) is 9.94. The van der Waals surface area contributed by atoms with Crippen molar-refractivity contribution in [1.82, 2.24) is 20.2 Å². The molecular weight excluding hydrogens is 491 g/mol. The molecule has 10 heteroatoms. The summed E-state index contributed by atoms with van der Waals surface area (Å²) in [6.45, 7) is 4.04. The Morgan fingerprint density at radius 2 is 1.59 bits per heavy atom. The number of ether oxygens (including phenoxy) is 1. The molecule has 0 aliphatic rings. The maximum atomic E-state index is 11.1. The van der Waals surface area contributed by atoms with E-state index in [0.717, 1.165) is 56.0 Å². The van der Waals surface area contributed by atoms with Crippen LogP contribution in [-0.4, -0.2) is 43.2 Å². The fourth-order valence-electron chi connectivity index (χ4n) is 4.51. The molecular formula is C27H27N4O5P. The highest BCUT2D eigenvalue weighted by Crippen LogP contribution is 2.36. The number of benzene rings is 3. The molecule has 3 aromatic carbocycles. The third kappa shape index (κ3) is 5.49. The highest BCUT2D eigenvalue weighted by Gasteiger charge is 2.16. The normalized spacial score (nSPS) is 11.8. The summed E-state index contributed by atoms with van der Waals surface area (Å²) in [6.07, 6.45) is 0.936. The molecule has 3 N–H and O–H groups in total. The highest BCUT2D eigenvalue weighted by atomic mass is 31.2. The van der Waals surface area contributed by atoms with Crippen molar-refractivity contribution in [3.8, 4) is 40.0 Å². The standard InChI is InChI=1S/C27H27N4O5P/c1-16-13-18(5-4-12-37(32,33)34)14-17(2)24(16)25-28-22-11-8-20(15-23(22)29-25)27-31-30-26(36-27)19-6-9-21(35-3)10-7-19/h6-11,13-15H,4-5,12H2,1-3H3,(H,28,29)(H2,32,33,34). The third-order valence-electron chi connectivity index (χ3n) is 6.23. The van der Waals surface area contributed by atoms with Gasteiger partial charge < -0.3 is 23.9 Å². The van der Waals surface area contributed by atoms with Crippen molar-refractivity contribution < 1.29 is 23.5 Å². The van der Waals surface area contributed by atoms with Crippen molar-refractivity contribution >= 4 is 18.6 Å². The lowest BCUT2D eigenvalue weighted by Crippen LogP contribution is -1.96. The Morgan fingerprint density at radius 1 is 0.946 bits per heavy atom. The minimum Gasteiger partial charge on any atom is -0.497 e. The summed E-state index contributed by atoms with van der Waals surface area (Å²) in [5, 5.41) is 8.41. The van der Waals surface area contributed by atoms with Crippen molar-refractivity contribution in [2.75, 3.05) is 13.3 Å². The van der Waals surface area contributed by atoms with E-state index in [9.17, 15) is 4.57 Å². The Kier molecular flexibility index (Phi) is 6.69. The Labute approximate surface area is 213 Å². The van der Waals surface area contributed by atoms with E-state index in [-0.39, 0.29) is 6.16 Å². The van der Waals surface area contributed by atoms with Gasteiger partial charge in [0.05, 0.1) is 24.3 Å². The number of H-pyrrole nitrogens is 1. The number of aromatic amines is 1. The predicted octanol–water partition coefficient (Wildman–Crippen LogP) is 5.68. The van der Waals surface area contributed by atoms with Crippen LogP contribution < -0.4 is 4.74 Å². The van der Waals surface area contributed by atoms with Crippen LogP contribution >= 0.6 is 7.60 Å². The summed E-state index contributed by atoms with van der Waals surface area (Å²) in [5.41, 5.74) is 7.41. The van der Waals surface area contributed by atoms with E-state index in [2.05, 4.69) is 27.3 Å². The zero-order valence-electron chi connectivity index (χ0n) is 20.7. The topological polar surface area (TPSA) is 134 Å². The first-order valence-electron chi connectivity index (χ1n) is 11.8. The monoisotopic (exact) mass is 518 g/mol. The van der Waals surface area contributed by atoms with Gasteiger partial charge in [0.1, 0.15) is 11.6 Å². The molecule has 0 amide bonds. The minimum absolute atomic E-state index is 0.111. The van der Waals surface area contributed by atoms with Crippen molar-refractivity contribution in [2.24, 2.45) is 0 Å². The molecule has 0 bridgehead atoms. The van der Waals surface area contributed by atoms with E-state index in [1.54, 1.807) is 7.11 Å². The lowest BCUT2D eigenvalue weighted by molar-refractivity contribution is 0.371. The summed E-state index contributed by atoms with van der Waals surface area (Å²) in [4.78, 5) is 26.4. The summed E-state index contributed by atoms with van der Waals surface area (Å²) in [5.74, 6) is 2.35. The van der Waals surface area contributed by atoms with Crippen LogP contribution in [0.15, 0.2) is 59.0 Å². The molecule has 0 spiro atoms. The van der Waals surface area contributed by atoms with Crippen molar-refractivity contribution in [3.63, 3.8) is 0 Å². The van der Waals surface area contributed by atoms with Gasteiger partial charge in [0.2, 0.25) is 11.8 Å². The molecule has 9 nitrogen and oxygen atoms in total. The molecule has 5 rings (SSSR count). The number of hydrogen-bond acceptors (Lipinski definition) is 6. The van der Waals surface area contributed by atoms with Crippen molar-refractivity contribution in [2.45, 2.75) is 26.7 Å². The van der Waals surface area contributed by atoms with Crippen LogP contribution in [0.4, 0.5) is 0 Å². The van der Waals surface area contributed by atoms with E-state index in [0.29, 0.717) is 24.6 Å². The SMILES string of the molecule is COc1ccc(-c2nnc(-c3ccc4nc(-c5c(C)cc(CCCP(=O)(O)O)cc5C)[nH]c4c3)o2)cc1. The predicted molar refractivity (Wildman–Crippen MR) is 142 cm³/mol. The number of nitrogens with zero attached hydrogens (tertiary/aromatic N) is 3. The number of aryl methyl sites for hydroxylation is 3. The minimum atomic E-state index is -3.98. The van der Waals surface area contributed by atoms with E-state index in [4.69, 9.17) is 23.9 Å². The molecule has 5 aromatic rings. The molecule has 0 radical (unpaired) electrons. The Hall–Kier alpha value is -3.78. The summed E-state index contributed by atoms with van der Waals surface area (Å²) >= 11 is 0. The number of imidazole rings is 1. The molecule has 190 valence electrons. The number of methoxy groups -OCH3 is 1. The van der Waals surface area contributed by atoms with Gasteiger partial charge in [-0.2, -0.15) is 0 Å². The maximum absolute atomic E-state index is 11.1. The van der Waals surface area contributed by atoms with Gasteiger partial charge in [-0.25, -0.2) is 4.98 Å². The summed E-state index contributed by atoms with van der Waals surface area (Å²) in [6, 6.07) is 17.3. The quantitative estimate of drug-likeness (QED) is 0.223. The van der Waals surface area contributed by atoms with Gasteiger partial charge in [-0.15, -0.1) is 10.2 Å². The first-order chi connectivity index (χ1) is 17.7. The van der Waals surface area contributed by atoms with Gasteiger partial charge in [0, 0.05) is 16.7 Å². The molecule has 0 aliphatic heterocycles. The fraction of sp³-hybridized carbons (Fsp3) is 0.222. The fourth-order valence-corrected chi connectivity index (χ4v) is 5.08. The molecule has 37 heavy (non-hydrogen) atoms. The first-order valence-corrected chi connectivity index (χ1v) is 13.6. The largest absolute Gasteiger partial charge is 0.497 e. The number of hydrogen-bond donors (Lipinski definition) is 3. The molecule has 0 saturated carbocycles. The number of rotatable bonds is 8. The average molecular weight is 519 g/mol. The highest BCUT2D eigenvalue weighted by molar-refractivity contribution is 7.51. The molecule has 0 saturated heterocycles. The Morgan fingerprint density at radius 3 is 2.24 bits per heavy atom. The van der Waals surface area contributed by atoms with Gasteiger partial charge in [-0.3, -0.25) is 4.57 Å². The van der Waals surface area contributed by atoms with Crippen molar-refractivity contribution in [1.29, 1.82) is 0 Å². The maximum Gasteiger partial charge on any atom is 0.325 e. The van der Waals surface area contributed by atoms with E-state index >= 15 is 0 Å². The first kappa shape index (κ1) is 24.9. The van der Waals surface area contributed by atoms with E-state index in [1.807, 2.05) is 56.3 Å². The summed E-state index contributed by atoms with van der Waals surface area (Å²) < 4.78 is 22.3. The second-order valence-electron chi connectivity index (χ2n) is 9.05. The number of nitrogens with one attached hydrogen (secondary N) is 1. The van der Waals surface area contributed by atoms with E-state index in [1.165, 1.54) is 0 Å². The van der Waals surface area contributed by atoms with Gasteiger partial charge in [-0.1, -0.05) is 12.1 Å². The van der Waals surface area contributed by atoms with Crippen LogP contribution in [0.5, 0.6) is 5.75 Å². The Balaban J connectivity index is 1.40. The zero-order chi connectivity index (χ0) is 26.2. The molecule has 2 aromatic heterocycles. The van der Waals surface area contributed by atoms with Crippen LogP contribution in [0.1, 0.15) is 23.1 Å². The summed E-state index contributed by atoms with van der Waals surface area (Å²) in [7, 11) is -2.36. The van der Waals surface area contributed by atoms with Crippen molar-refractivity contribution in [3.05, 3.63) is 71.3 Å². The molecule has 0 unspecified atom stereocenters. The van der Waals surface area contributed by atoms with Gasteiger partial charge >= 0.3 is 7.60 Å². The molecule has 0 aliphatic carbocycles. The van der Waals surface area contributed by atoms with Crippen LogP contribution in [0.2, 0.25) is 0 Å². The number of aromatic nitrogens is 4. The van der Waals surface area contributed by atoms with Crippen LogP contribution in [0, 0.1) is 13.8 Å². The lowest BCUT2D eigenvalue weighted by Gasteiger charge is -2.11. The third-order valence-corrected chi connectivity index (χ3v) is 7.13. The van der Waals surface area contributed by atoms with Crippen LogP contribution in [0.3, 0.4) is 0 Å². The number of fused-ring (bicyclic) bond motifs is 1. The molecule has 0 fully saturated rings. The second-order valence-corrected chi connectivity index (χ2v) is 10.8. The molecule has 0 atom stereocenters. The zero-order valence-corrected chi connectivity index (χ0v) is 21.6. The lowest BCUT2D eigenvalue weighted by atomic mass is 9.97. The molecule has 2 heterocycles.